The van der Waals surface area contributed by atoms with Crippen LogP contribution in [0.2, 0.25) is 0 Å². The molecule has 0 saturated carbocycles. The molecular formula is C11H14F2OS. The molecule has 1 heterocycles. The summed E-state index contributed by atoms with van der Waals surface area (Å²) in [7, 11) is 0. The maximum atomic E-state index is 12.8. The number of carbonyl (C=O) groups is 1. The Morgan fingerprint density at radius 1 is 1.20 bits per heavy atom. The third-order valence-electron chi connectivity index (χ3n) is 1.97. The molecule has 84 valence electrons. The molecule has 0 unspecified atom stereocenters. The molecule has 0 bridgehead atoms. The topological polar surface area (TPSA) is 17.1 Å². The lowest BCUT2D eigenvalue weighted by molar-refractivity contribution is 0.0226. The molecule has 0 atom stereocenters. The summed E-state index contributed by atoms with van der Waals surface area (Å²) < 4.78 is 25.5. The van der Waals surface area contributed by atoms with Crippen molar-refractivity contribution in [1.29, 1.82) is 0 Å². The zero-order valence-corrected chi connectivity index (χ0v) is 10.0. The van der Waals surface area contributed by atoms with Crippen LogP contribution in [0.25, 0.3) is 0 Å². The van der Waals surface area contributed by atoms with Gasteiger partial charge in [0.2, 0.25) is 5.78 Å². The van der Waals surface area contributed by atoms with Gasteiger partial charge in [0.25, 0.3) is 0 Å². The van der Waals surface area contributed by atoms with Gasteiger partial charge in [-0.15, -0.1) is 11.3 Å². The number of halogens is 2. The quantitative estimate of drug-likeness (QED) is 0.707. The molecule has 1 rings (SSSR count). The maximum Gasteiger partial charge on any atom is 0.307 e. The Morgan fingerprint density at radius 2 is 1.73 bits per heavy atom. The Hall–Kier alpha value is -0.770. The molecule has 0 aliphatic heterocycles. The summed E-state index contributed by atoms with van der Waals surface area (Å²) >= 11 is 1.15. The number of rotatable bonds is 2. The van der Waals surface area contributed by atoms with E-state index < -0.39 is 11.7 Å². The molecule has 1 nitrogen and oxygen atoms in total. The van der Waals surface area contributed by atoms with Crippen LogP contribution in [0.3, 0.4) is 0 Å². The van der Waals surface area contributed by atoms with Gasteiger partial charge in [0.05, 0.1) is 4.88 Å². The van der Waals surface area contributed by atoms with Gasteiger partial charge in [0.15, 0.2) is 0 Å². The third-order valence-corrected chi connectivity index (χ3v) is 3.48. The molecule has 4 heteroatoms. The van der Waals surface area contributed by atoms with Gasteiger partial charge in [-0.05, 0) is 17.5 Å². The van der Waals surface area contributed by atoms with Gasteiger partial charge >= 0.3 is 5.92 Å². The predicted octanol–water partition coefficient (Wildman–Crippen LogP) is 3.88. The highest BCUT2D eigenvalue weighted by molar-refractivity contribution is 7.14. The summed E-state index contributed by atoms with van der Waals surface area (Å²) in [5, 5.41) is 0. The van der Waals surface area contributed by atoms with Gasteiger partial charge in [-0.25, -0.2) is 0 Å². The summed E-state index contributed by atoms with van der Waals surface area (Å²) in [6.07, 6.45) is 0. The van der Waals surface area contributed by atoms with E-state index in [0.29, 0.717) is 6.92 Å². The fourth-order valence-electron chi connectivity index (χ4n) is 1.08. The lowest BCUT2D eigenvalue weighted by atomic mass is 9.95. The standard InChI is InChI=1S/C11H14F2OS/c1-10(2,3)8-6-5-7(15-8)9(14)11(4,12)13/h5-6H,1-4H3. The zero-order chi connectivity index (χ0) is 11.9. The van der Waals surface area contributed by atoms with Crippen molar-refractivity contribution < 1.29 is 13.6 Å². The van der Waals surface area contributed by atoms with E-state index in [1.54, 1.807) is 6.07 Å². The molecule has 0 saturated heterocycles. The van der Waals surface area contributed by atoms with Crippen molar-refractivity contribution in [2.24, 2.45) is 0 Å². The van der Waals surface area contributed by atoms with Crippen LogP contribution in [-0.4, -0.2) is 11.7 Å². The zero-order valence-electron chi connectivity index (χ0n) is 9.23. The first kappa shape index (κ1) is 12.3. The first-order valence-corrected chi connectivity index (χ1v) is 5.47. The first-order valence-electron chi connectivity index (χ1n) is 4.65. The fraction of sp³-hybridized carbons (Fsp3) is 0.545. The summed E-state index contributed by atoms with van der Waals surface area (Å²) in [4.78, 5) is 12.3. The number of thiophene rings is 1. The molecule has 15 heavy (non-hydrogen) atoms. The minimum Gasteiger partial charge on any atom is -0.286 e. The van der Waals surface area contributed by atoms with E-state index in [9.17, 15) is 13.6 Å². The Balaban J connectivity index is 3.01. The van der Waals surface area contributed by atoms with E-state index in [2.05, 4.69) is 0 Å². The summed E-state index contributed by atoms with van der Waals surface area (Å²) in [5.74, 6) is -4.37. The third kappa shape index (κ3) is 2.84. The van der Waals surface area contributed by atoms with Crippen LogP contribution in [0.5, 0.6) is 0 Å². The van der Waals surface area contributed by atoms with Crippen molar-refractivity contribution in [3.8, 4) is 0 Å². The minimum absolute atomic E-state index is 0.105. The van der Waals surface area contributed by atoms with E-state index in [4.69, 9.17) is 0 Å². The SMILES string of the molecule is CC(F)(F)C(=O)c1ccc(C(C)(C)C)s1. The van der Waals surface area contributed by atoms with Crippen LogP contribution in [0.4, 0.5) is 8.78 Å². The summed E-state index contributed by atoms with van der Waals surface area (Å²) in [5.41, 5.74) is -0.105. The molecule has 0 spiro atoms. The number of Topliss-reactive ketones (excluding diaryl/α,β-unsaturated/α-hetero) is 1. The van der Waals surface area contributed by atoms with Crippen LogP contribution in [0.1, 0.15) is 42.2 Å². The number of hydrogen-bond acceptors (Lipinski definition) is 2. The van der Waals surface area contributed by atoms with E-state index >= 15 is 0 Å². The number of alkyl halides is 2. The van der Waals surface area contributed by atoms with Gasteiger partial charge < -0.3 is 0 Å². The van der Waals surface area contributed by atoms with Crippen molar-refractivity contribution in [3.05, 3.63) is 21.9 Å². The Kier molecular flexibility index (Phi) is 3.01. The highest BCUT2D eigenvalue weighted by Gasteiger charge is 2.34. The van der Waals surface area contributed by atoms with E-state index in [1.807, 2.05) is 20.8 Å². The number of carbonyl (C=O) groups excluding carboxylic acids is 1. The molecule has 0 fully saturated rings. The Bertz CT molecular complexity index is 369. The minimum atomic E-state index is -3.28. The smallest absolute Gasteiger partial charge is 0.286 e. The van der Waals surface area contributed by atoms with Crippen molar-refractivity contribution in [2.45, 2.75) is 39.0 Å². The monoisotopic (exact) mass is 232 g/mol. The van der Waals surface area contributed by atoms with Crippen molar-refractivity contribution in [1.82, 2.24) is 0 Å². The lowest BCUT2D eigenvalue weighted by Gasteiger charge is -2.15. The van der Waals surface area contributed by atoms with Gasteiger partial charge in [-0.1, -0.05) is 20.8 Å². The van der Waals surface area contributed by atoms with Crippen molar-refractivity contribution in [2.75, 3.05) is 0 Å². The normalized spacial score (nSPS) is 12.9. The lowest BCUT2D eigenvalue weighted by Crippen LogP contribution is -2.23. The average molecular weight is 232 g/mol. The largest absolute Gasteiger partial charge is 0.307 e. The average Bonchev–Trinajstić information content (AvgIpc) is 2.47. The molecule has 0 radical (unpaired) electrons. The van der Waals surface area contributed by atoms with Gasteiger partial charge in [0, 0.05) is 11.8 Å². The highest BCUT2D eigenvalue weighted by Crippen LogP contribution is 2.32. The molecular weight excluding hydrogens is 218 g/mol. The van der Waals surface area contributed by atoms with E-state index in [1.165, 1.54) is 6.07 Å². The molecule has 1 aromatic rings. The van der Waals surface area contributed by atoms with Gasteiger partial charge in [-0.3, -0.25) is 4.79 Å². The van der Waals surface area contributed by atoms with Crippen molar-refractivity contribution in [3.63, 3.8) is 0 Å². The van der Waals surface area contributed by atoms with Crippen LogP contribution in [-0.2, 0) is 5.41 Å². The predicted molar refractivity (Wildman–Crippen MR) is 58.0 cm³/mol. The second kappa shape index (κ2) is 3.67. The van der Waals surface area contributed by atoms with Crippen LogP contribution < -0.4 is 0 Å². The molecule has 1 aromatic heterocycles. The van der Waals surface area contributed by atoms with Crippen LogP contribution in [0.15, 0.2) is 12.1 Å². The van der Waals surface area contributed by atoms with Crippen molar-refractivity contribution >= 4 is 17.1 Å². The van der Waals surface area contributed by atoms with E-state index in [-0.39, 0.29) is 10.3 Å². The fourth-order valence-corrected chi connectivity index (χ4v) is 2.17. The Morgan fingerprint density at radius 3 is 2.07 bits per heavy atom. The van der Waals surface area contributed by atoms with Crippen LogP contribution >= 0.6 is 11.3 Å². The maximum absolute atomic E-state index is 12.8. The first-order chi connectivity index (χ1) is 6.62. The molecule has 0 N–H and O–H groups in total. The number of hydrogen-bond donors (Lipinski definition) is 0. The molecule has 0 amide bonds. The molecule has 0 aromatic carbocycles. The Labute approximate surface area is 92.1 Å². The number of ketones is 1. The highest BCUT2D eigenvalue weighted by atomic mass is 32.1. The second-order valence-corrected chi connectivity index (χ2v) is 5.72. The van der Waals surface area contributed by atoms with Gasteiger partial charge in [-0.2, -0.15) is 8.78 Å². The molecule has 0 aliphatic rings. The van der Waals surface area contributed by atoms with Crippen LogP contribution in [0, 0.1) is 0 Å². The second-order valence-electron chi connectivity index (χ2n) is 4.63. The summed E-state index contributed by atoms with van der Waals surface area (Å²) in [6.45, 7) is 6.58. The van der Waals surface area contributed by atoms with E-state index in [0.717, 1.165) is 16.2 Å². The van der Waals surface area contributed by atoms with Gasteiger partial charge in [0.1, 0.15) is 0 Å². The summed E-state index contributed by atoms with van der Waals surface area (Å²) in [6, 6.07) is 3.22. The molecule has 0 aliphatic carbocycles.